The number of likely N-dealkylation sites (tertiary alicyclic amines) is 1. The van der Waals surface area contributed by atoms with E-state index in [-0.39, 0.29) is 17.5 Å². The van der Waals surface area contributed by atoms with Crippen LogP contribution in [0.15, 0.2) is 41.3 Å². The smallest absolute Gasteiger partial charge is 0.272 e. The van der Waals surface area contributed by atoms with Gasteiger partial charge in [-0.15, -0.1) is 0 Å². The van der Waals surface area contributed by atoms with Crippen LogP contribution < -0.4 is 10.9 Å². The van der Waals surface area contributed by atoms with E-state index in [9.17, 15) is 9.59 Å². The van der Waals surface area contributed by atoms with Gasteiger partial charge in [-0.2, -0.15) is 0 Å². The minimum atomic E-state index is -0.0819. The van der Waals surface area contributed by atoms with Gasteiger partial charge in [-0.05, 0) is 74.3 Å². The summed E-state index contributed by atoms with van der Waals surface area (Å²) in [5.41, 5.74) is 4.02. The quantitative estimate of drug-likeness (QED) is 0.479. The lowest BCUT2D eigenvalue weighted by Crippen LogP contribution is -2.38. The SMILES string of the molecule is COC[C@@H]1CCCN1C(=O)c1cc(Cc2ccc3c(c2)c(N[C@H](C)C2CC2)cc(=O)n3C)c(Cl)cn1. The number of ether oxygens (including phenoxy) is 1. The fourth-order valence-corrected chi connectivity index (χ4v) is 5.44. The van der Waals surface area contributed by atoms with Crippen molar-refractivity contribution in [3.05, 3.63) is 68.7 Å². The molecular formula is C28H33ClN4O3. The molecule has 3 aromatic rings. The van der Waals surface area contributed by atoms with Gasteiger partial charge in [0.2, 0.25) is 0 Å². The lowest BCUT2D eigenvalue weighted by molar-refractivity contribution is 0.0625. The van der Waals surface area contributed by atoms with Gasteiger partial charge >= 0.3 is 0 Å². The molecule has 1 saturated carbocycles. The number of pyridine rings is 2. The molecule has 1 amide bonds. The molecule has 2 atom stereocenters. The molecule has 0 unspecified atom stereocenters. The van der Waals surface area contributed by atoms with Gasteiger partial charge in [-0.1, -0.05) is 17.7 Å². The summed E-state index contributed by atoms with van der Waals surface area (Å²) in [6.45, 7) is 3.42. The van der Waals surface area contributed by atoms with Crippen LogP contribution in [0.4, 0.5) is 5.69 Å². The Morgan fingerprint density at radius 1 is 1.25 bits per heavy atom. The highest BCUT2D eigenvalue weighted by Gasteiger charge is 2.30. The van der Waals surface area contributed by atoms with Crippen molar-refractivity contribution in [3.63, 3.8) is 0 Å². The summed E-state index contributed by atoms with van der Waals surface area (Å²) < 4.78 is 6.98. The molecule has 0 spiro atoms. The molecule has 36 heavy (non-hydrogen) atoms. The second-order valence-corrected chi connectivity index (χ2v) is 10.6. The summed E-state index contributed by atoms with van der Waals surface area (Å²) in [5, 5.41) is 5.11. The predicted octanol–water partition coefficient (Wildman–Crippen LogP) is 4.64. The number of hydrogen-bond donors (Lipinski definition) is 1. The average molecular weight is 509 g/mol. The van der Waals surface area contributed by atoms with Crippen molar-refractivity contribution in [2.24, 2.45) is 13.0 Å². The van der Waals surface area contributed by atoms with Gasteiger partial charge in [0, 0.05) is 50.1 Å². The maximum Gasteiger partial charge on any atom is 0.272 e. The summed E-state index contributed by atoms with van der Waals surface area (Å²) in [4.78, 5) is 32.0. The zero-order valence-electron chi connectivity index (χ0n) is 21.1. The maximum atomic E-state index is 13.2. The van der Waals surface area contributed by atoms with Crippen molar-refractivity contribution >= 4 is 34.1 Å². The molecule has 2 fully saturated rings. The largest absolute Gasteiger partial charge is 0.383 e. The first-order valence-electron chi connectivity index (χ1n) is 12.7. The number of amides is 1. The number of nitrogens with one attached hydrogen (secondary N) is 1. The molecule has 1 aromatic carbocycles. The fourth-order valence-electron chi connectivity index (χ4n) is 5.27. The minimum absolute atomic E-state index is 0.0326. The van der Waals surface area contributed by atoms with Gasteiger partial charge < -0.3 is 19.5 Å². The fraction of sp³-hybridized carbons (Fsp3) is 0.464. The first-order valence-corrected chi connectivity index (χ1v) is 13.1. The van der Waals surface area contributed by atoms with Crippen LogP contribution in [-0.2, 0) is 18.2 Å². The molecule has 1 aliphatic heterocycles. The van der Waals surface area contributed by atoms with Crippen LogP contribution in [0.2, 0.25) is 5.02 Å². The molecule has 8 heteroatoms. The first kappa shape index (κ1) is 24.8. The van der Waals surface area contributed by atoms with E-state index < -0.39 is 0 Å². The Hall–Kier alpha value is -2.90. The van der Waals surface area contributed by atoms with Gasteiger partial charge in [0.05, 0.1) is 23.2 Å². The van der Waals surface area contributed by atoms with Crippen LogP contribution in [0.1, 0.15) is 54.2 Å². The van der Waals surface area contributed by atoms with Gasteiger partial charge in [0.1, 0.15) is 5.69 Å². The number of hydrogen-bond acceptors (Lipinski definition) is 5. The van der Waals surface area contributed by atoms with Gasteiger partial charge in [0.15, 0.2) is 0 Å². The van der Waals surface area contributed by atoms with E-state index in [0.717, 1.165) is 40.6 Å². The van der Waals surface area contributed by atoms with E-state index in [1.807, 2.05) is 23.1 Å². The molecule has 0 bridgehead atoms. The number of rotatable bonds is 8. The molecule has 7 nitrogen and oxygen atoms in total. The van der Waals surface area contributed by atoms with E-state index >= 15 is 0 Å². The Kier molecular flexibility index (Phi) is 7.04. The first-order chi connectivity index (χ1) is 17.4. The molecule has 190 valence electrons. The number of aromatic nitrogens is 2. The molecule has 0 radical (unpaired) electrons. The van der Waals surface area contributed by atoms with Crippen LogP contribution in [0.5, 0.6) is 0 Å². The summed E-state index contributed by atoms with van der Waals surface area (Å²) in [5.74, 6) is 0.583. The number of nitrogens with zero attached hydrogens (tertiary/aromatic N) is 3. The van der Waals surface area contributed by atoms with E-state index in [1.54, 1.807) is 31.0 Å². The molecular weight excluding hydrogens is 476 g/mol. The Morgan fingerprint density at radius 3 is 2.81 bits per heavy atom. The maximum absolute atomic E-state index is 13.2. The average Bonchev–Trinajstić information content (AvgIpc) is 3.62. The Bertz CT molecular complexity index is 1350. The topological polar surface area (TPSA) is 76.5 Å². The lowest BCUT2D eigenvalue weighted by Gasteiger charge is -2.24. The summed E-state index contributed by atoms with van der Waals surface area (Å²) in [6.07, 6.45) is 6.49. The van der Waals surface area contributed by atoms with Crippen LogP contribution >= 0.6 is 11.6 Å². The van der Waals surface area contributed by atoms with Crippen molar-refractivity contribution < 1.29 is 9.53 Å². The van der Waals surface area contributed by atoms with Crippen LogP contribution in [0.3, 0.4) is 0 Å². The lowest BCUT2D eigenvalue weighted by atomic mass is 10.0. The molecule has 2 aliphatic rings. The third-order valence-electron chi connectivity index (χ3n) is 7.57. The van der Waals surface area contributed by atoms with Crippen LogP contribution in [-0.4, -0.2) is 52.7 Å². The van der Waals surface area contributed by atoms with Crippen molar-refractivity contribution in [1.82, 2.24) is 14.5 Å². The molecule has 1 saturated heterocycles. The number of fused-ring (bicyclic) bond motifs is 1. The standard InChI is InChI=1S/C28H33ClN4O3/c1-17(19-7-8-19)31-24-14-27(34)32(2)26-9-6-18(12-22(24)26)11-20-13-25(30-15-23(20)29)28(35)33-10-4-5-21(33)16-36-3/h6,9,12-15,17,19,21,31H,4-5,7-8,10-11,16H2,1-3H3/t17-,21+/m1/s1. The van der Waals surface area contributed by atoms with Crippen LogP contribution in [0.25, 0.3) is 10.9 Å². The number of aryl methyl sites for hydroxylation is 1. The van der Waals surface area contributed by atoms with E-state index in [1.165, 1.54) is 12.8 Å². The third-order valence-corrected chi connectivity index (χ3v) is 7.91. The van der Waals surface area contributed by atoms with E-state index in [0.29, 0.717) is 42.2 Å². The summed E-state index contributed by atoms with van der Waals surface area (Å²) in [6, 6.07) is 10.0. The second kappa shape index (κ2) is 10.2. The van der Waals surface area contributed by atoms with E-state index in [4.69, 9.17) is 16.3 Å². The number of halogens is 1. The Morgan fingerprint density at radius 2 is 2.06 bits per heavy atom. The molecule has 1 N–H and O–H groups in total. The minimum Gasteiger partial charge on any atom is -0.383 e. The molecule has 3 heterocycles. The van der Waals surface area contributed by atoms with Crippen molar-refractivity contribution in [2.75, 3.05) is 25.6 Å². The van der Waals surface area contributed by atoms with Crippen molar-refractivity contribution in [1.29, 1.82) is 0 Å². The third kappa shape index (κ3) is 5.00. The van der Waals surface area contributed by atoms with Crippen LogP contribution in [0, 0.1) is 5.92 Å². The van der Waals surface area contributed by atoms with Crippen molar-refractivity contribution in [2.45, 2.75) is 51.1 Å². The van der Waals surface area contributed by atoms with Gasteiger partial charge in [0.25, 0.3) is 11.5 Å². The number of carbonyl (C=O) groups is 1. The zero-order valence-corrected chi connectivity index (χ0v) is 21.8. The summed E-state index contributed by atoms with van der Waals surface area (Å²) >= 11 is 6.53. The monoisotopic (exact) mass is 508 g/mol. The second-order valence-electron chi connectivity index (χ2n) is 10.2. The number of methoxy groups -OCH3 is 1. The molecule has 5 rings (SSSR count). The molecule has 2 aromatic heterocycles. The van der Waals surface area contributed by atoms with Gasteiger partial charge in [-0.3, -0.25) is 9.59 Å². The normalized spacial score (nSPS) is 18.6. The number of benzene rings is 1. The van der Waals surface area contributed by atoms with E-state index in [2.05, 4.69) is 23.3 Å². The number of carbonyl (C=O) groups excluding carboxylic acids is 1. The van der Waals surface area contributed by atoms with Crippen molar-refractivity contribution in [3.8, 4) is 0 Å². The zero-order chi connectivity index (χ0) is 25.4. The number of anilines is 1. The Balaban J connectivity index is 1.44. The highest BCUT2D eigenvalue weighted by molar-refractivity contribution is 6.31. The predicted molar refractivity (Wildman–Crippen MR) is 143 cm³/mol. The highest BCUT2D eigenvalue weighted by atomic mass is 35.5. The summed E-state index contributed by atoms with van der Waals surface area (Å²) in [7, 11) is 3.46. The Labute approximate surface area is 216 Å². The van der Waals surface area contributed by atoms with Gasteiger partial charge in [-0.25, -0.2) is 4.98 Å². The highest BCUT2D eigenvalue weighted by Crippen LogP contribution is 2.35. The molecule has 1 aliphatic carbocycles.